The Morgan fingerprint density at radius 1 is 1.28 bits per heavy atom. The summed E-state index contributed by atoms with van der Waals surface area (Å²) in [5, 5.41) is 3.12. The topological polar surface area (TPSA) is 39.1 Å². The molecule has 0 saturated heterocycles. The molecule has 1 heterocycles. The number of imidazole rings is 1. The third-order valence-corrected chi connectivity index (χ3v) is 2.81. The van der Waals surface area contributed by atoms with E-state index in [4.69, 9.17) is 4.74 Å². The number of hydrogen-bond donors (Lipinski definition) is 1. The molecule has 2 aromatic rings. The Bertz CT molecular complexity index is 476. The van der Waals surface area contributed by atoms with Gasteiger partial charge in [-0.15, -0.1) is 0 Å². The van der Waals surface area contributed by atoms with Gasteiger partial charge in [-0.2, -0.15) is 0 Å². The number of nitrogens with zero attached hydrogens (tertiary/aromatic N) is 2. The Hall–Kier alpha value is -1.81. The largest absolute Gasteiger partial charge is 0.486 e. The minimum absolute atomic E-state index is 0.506. The molecule has 0 unspecified atom stereocenters. The van der Waals surface area contributed by atoms with Gasteiger partial charge in [0.15, 0.2) is 0 Å². The van der Waals surface area contributed by atoms with Crippen molar-refractivity contribution in [1.29, 1.82) is 0 Å². The van der Waals surface area contributed by atoms with Crippen LogP contribution in [0.4, 0.5) is 0 Å². The van der Waals surface area contributed by atoms with Crippen LogP contribution in [0.2, 0.25) is 0 Å². The van der Waals surface area contributed by atoms with E-state index in [1.165, 1.54) is 5.56 Å². The average Bonchev–Trinajstić information content (AvgIpc) is 2.86. The van der Waals surface area contributed by atoms with Crippen LogP contribution in [0.15, 0.2) is 36.7 Å². The van der Waals surface area contributed by atoms with Gasteiger partial charge >= 0.3 is 0 Å². The maximum absolute atomic E-state index is 5.72. The lowest BCUT2D eigenvalue weighted by atomic mass is 10.2. The molecule has 4 heteroatoms. The highest BCUT2D eigenvalue weighted by Gasteiger charge is 2.02. The van der Waals surface area contributed by atoms with Crippen LogP contribution < -0.4 is 10.1 Å². The molecule has 96 valence electrons. The normalized spacial score (nSPS) is 10.6. The molecule has 1 aromatic carbocycles. The Morgan fingerprint density at radius 3 is 2.72 bits per heavy atom. The first-order chi connectivity index (χ1) is 8.83. The zero-order valence-electron chi connectivity index (χ0n) is 10.9. The zero-order valence-corrected chi connectivity index (χ0v) is 10.9. The lowest BCUT2D eigenvalue weighted by molar-refractivity contribution is 0.290. The molecular weight excluding hydrogens is 226 g/mol. The fraction of sp³-hybridized carbons (Fsp3) is 0.357. The lowest BCUT2D eigenvalue weighted by Gasteiger charge is -2.08. The molecule has 0 spiro atoms. The predicted molar refractivity (Wildman–Crippen MR) is 71.4 cm³/mol. The van der Waals surface area contributed by atoms with Gasteiger partial charge in [-0.1, -0.05) is 12.1 Å². The van der Waals surface area contributed by atoms with Gasteiger partial charge in [0.05, 0.1) is 0 Å². The summed E-state index contributed by atoms with van der Waals surface area (Å²) in [4.78, 5) is 4.28. The molecule has 0 fully saturated rings. The van der Waals surface area contributed by atoms with Crippen molar-refractivity contribution in [1.82, 2.24) is 14.9 Å². The number of ether oxygens (including phenoxy) is 1. The van der Waals surface area contributed by atoms with Crippen LogP contribution in [0.3, 0.4) is 0 Å². The zero-order chi connectivity index (χ0) is 12.8. The summed E-state index contributed by atoms with van der Waals surface area (Å²) in [5.41, 5.74) is 1.25. The highest BCUT2D eigenvalue weighted by atomic mass is 16.5. The average molecular weight is 245 g/mol. The van der Waals surface area contributed by atoms with Gasteiger partial charge in [-0.3, -0.25) is 0 Å². The highest BCUT2D eigenvalue weighted by molar-refractivity contribution is 5.27. The standard InChI is InChI=1S/C14H19N3O/c1-3-17-9-8-16-14(17)11-18-13-6-4-12(5-7-13)10-15-2/h4-9,15H,3,10-11H2,1-2H3. The van der Waals surface area contributed by atoms with Crippen LogP contribution in [0, 0.1) is 0 Å². The van der Waals surface area contributed by atoms with Crippen LogP contribution >= 0.6 is 0 Å². The smallest absolute Gasteiger partial charge is 0.146 e. The van der Waals surface area contributed by atoms with Crippen LogP contribution in [-0.2, 0) is 19.7 Å². The number of hydrogen-bond acceptors (Lipinski definition) is 3. The molecule has 0 amide bonds. The monoisotopic (exact) mass is 245 g/mol. The number of rotatable bonds is 6. The SMILES string of the molecule is CCn1ccnc1COc1ccc(CNC)cc1. The first-order valence-corrected chi connectivity index (χ1v) is 6.20. The minimum atomic E-state index is 0.506. The van der Waals surface area contributed by atoms with Crippen molar-refractivity contribution in [3.8, 4) is 5.75 Å². The number of nitrogens with one attached hydrogen (secondary N) is 1. The van der Waals surface area contributed by atoms with E-state index < -0.39 is 0 Å². The van der Waals surface area contributed by atoms with E-state index in [2.05, 4.69) is 33.9 Å². The Labute approximate surface area is 108 Å². The molecule has 0 atom stereocenters. The van der Waals surface area contributed by atoms with Crippen molar-refractivity contribution in [3.63, 3.8) is 0 Å². The van der Waals surface area contributed by atoms with Crippen molar-refractivity contribution in [3.05, 3.63) is 48.0 Å². The lowest BCUT2D eigenvalue weighted by Crippen LogP contribution is -2.06. The van der Waals surface area contributed by atoms with Crippen LogP contribution in [0.5, 0.6) is 5.75 Å². The van der Waals surface area contributed by atoms with Crippen molar-refractivity contribution in [2.45, 2.75) is 26.6 Å². The second-order valence-electron chi connectivity index (χ2n) is 4.09. The van der Waals surface area contributed by atoms with Gasteiger partial charge in [0.2, 0.25) is 0 Å². The first-order valence-electron chi connectivity index (χ1n) is 6.20. The van der Waals surface area contributed by atoms with E-state index >= 15 is 0 Å². The fourth-order valence-corrected chi connectivity index (χ4v) is 1.82. The van der Waals surface area contributed by atoms with Crippen LogP contribution in [0.25, 0.3) is 0 Å². The fourth-order valence-electron chi connectivity index (χ4n) is 1.82. The molecule has 4 nitrogen and oxygen atoms in total. The third-order valence-electron chi connectivity index (χ3n) is 2.81. The molecule has 0 aliphatic carbocycles. The maximum atomic E-state index is 5.72. The quantitative estimate of drug-likeness (QED) is 0.848. The molecule has 0 radical (unpaired) electrons. The second kappa shape index (κ2) is 6.21. The predicted octanol–water partition coefficient (Wildman–Crippen LogP) is 2.20. The van der Waals surface area contributed by atoms with E-state index in [0.717, 1.165) is 24.7 Å². The first kappa shape index (κ1) is 12.6. The molecular formula is C14H19N3O. The van der Waals surface area contributed by atoms with Crippen molar-refractivity contribution < 1.29 is 4.74 Å². The van der Waals surface area contributed by atoms with Gasteiger partial charge < -0.3 is 14.6 Å². The Morgan fingerprint density at radius 2 is 2.06 bits per heavy atom. The molecule has 0 bridgehead atoms. The summed E-state index contributed by atoms with van der Waals surface area (Å²) in [5.74, 6) is 1.83. The van der Waals surface area contributed by atoms with Gasteiger partial charge in [0, 0.05) is 25.5 Å². The number of aryl methyl sites for hydroxylation is 1. The van der Waals surface area contributed by atoms with Gasteiger partial charge in [0.25, 0.3) is 0 Å². The highest BCUT2D eigenvalue weighted by Crippen LogP contribution is 2.13. The maximum Gasteiger partial charge on any atom is 0.146 e. The summed E-state index contributed by atoms with van der Waals surface area (Å²) in [6.07, 6.45) is 3.77. The molecule has 2 rings (SSSR count). The van der Waals surface area contributed by atoms with Crippen molar-refractivity contribution in [2.24, 2.45) is 0 Å². The van der Waals surface area contributed by atoms with E-state index in [1.54, 1.807) is 6.20 Å². The van der Waals surface area contributed by atoms with Gasteiger partial charge in [0.1, 0.15) is 18.2 Å². The van der Waals surface area contributed by atoms with E-state index in [1.807, 2.05) is 25.4 Å². The van der Waals surface area contributed by atoms with Gasteiger partial charge in [-0.05, 0) is 31.7 Å². The Balaban J connectivity index is 1.94. The summed E-state index contributed by atoms with van der Waals surface area (Å²) >= 11 is 0. The summed E-state index contributed by atoms with van der Waals surface area (Å²) < 4.78 is 7.80. The van der Waals surface area contributed by atoms with Crippen LogP contribution in [-0.4, -0.2) is 16.6 Å². The summed E-state index contributed by atoms with van der Waals surface area (Å²) in [6.45, 7) is 4.39. The Kier molecular flexibility index (Phi) is 4.36. The summed E-state index contributed by atoms with van der Waals surface area (Å²) in [7, 11) is 1.94. The molecule has 0 aliphatic heterocycles. The summed E-state index contributed by atoms with van der Waals surface area (Å²) in [6, 6.07) is 8.12. The molecule has 1 aromatic heterocycles. The molecule has 18 heavy (non-hydrogen) atoms. The van der Waals surface area contributed by atoms with E-state index in [9.17, 15) is 0 Å². The van der Waals surface area contributed by atoms with Crippen molar-refractivity contribution in [2.75, 3.05) is 7.05 Å². The third kappa shape index (κ3) is 3.11. The minimum Gasteiger partial charge on any atom is -0.486 e. The molecule has 1 N–H and O–H groups in total. The van der Waals surface area contributed by atoms with Gasteiger partial charge in [-0.25, -0.2) is 4.98 Å². The van der Waals surface area contributed by atoms with E-state index in [-0.39, 0.29) is 0 Å². The van der Waals surface area contributed by atoms with Crippen molar-refractivity contribution >= 4 is 0 Å². The molecule has 0 aliphatic rings. The number of benzene rings is 1. The molecule has 0 saturated carbocycles. The van der Waals surface area contributed by atoms with E-state index in [0.29, 0.717) is 6.61 Å². The number of aromatic nitrogens is 2. The van der Waals surface area contributed by atoms with Crippen LogP contribution in [0.1, 0.15) is 18.3 Å². The second-order valence-corrected chi connectivity index (χ2v) is 4.09.